The first-order valence-corrected chi connectivity index (χ1v) is 8.02. The molecule has 5 heteroatoms. The Morgan fingerprint density at radius 1 is 1.26 bits per heavy atom. The van der Waals surface area contributed by atoms with Gasteiger partial charge in [-0.25, -0.2) is 4.98 Å². The number of nitrogens with one attached hydrogen (secondary N) is 1. The molecular formula is C18H21N5. The van der Waals surface area contributed by atoms with Gasteiger partial charge < -0.3 is 5.32 Å². The van der Waals surface area contributed by atoms with E-state index in [2.05, 4.69) is 60.2 Å². The second kappa shape index (κ2) is 4.78. The topological polar surface area (TPSA) is 55.1 Å². The Hall–Kier alpha value is -2.43. The van der Waals surface area contributed by atoms with Crippen LogP contribution in [0.1, 0.15) is 44.2 Å². The zero-order chi connectivity index (χ0) is 16.2. The number of rotatable bonds is 1. The van der Waals surface area contributed by atoms with Gasteiger partial charge in [0.05, 0.1) is 5.69 Å². The molecule has 0 fully saturated rings. The minimum Gasteiger partial charge on any atom is -0.380 e. The molecule has 0 aliphatic carbocycles. The number of aryl methyl sites for hydroxylation is 1. The second-order valence-electron chi connectivity index (χ2n) is 7.17. The predicted octanol–water partition coefficient (Wildman–Crippen LogP) is 3.80. The standard InChI is InChI=1S/C18H21N5/c1-11-7-15-13(12(2)9-18(3,4)22-15)8-14(11)16-5-6-19-17-20-10-21-23(16)17/h5-8,10,12,22H,9H2,1-4H3/t12-/m0/s1. The first kappa shape index (κ1) is 14.2. The maximum atomic E-state index is 4.32. The highest BCUT2D eigenvalue weighted by Gasteiger charge is 2.30. The fraction of sp³-hybridized carbons (Fsp3) is 0.389. The van der Waals surface area contributed by atoms with E-state index in [1.165, 1.54) is 22.4 Å². The predicted molar refractivity (Wildman–Crippen MR) is 91.7 cm³/mol. The van der Waals surface area contributed by atoms with Gasteiger partial charge in [-0.1, -0.05) is 6.92 Å². The van der Waals surface area contributed by atoms with E-state index in [1.54, 1.807) is 17.0 Å². The van der Waals surface area contributed by atoms with Gasteiger partial charge in [0.2, 0.25) is 0 Å². The van der Waals surface area contributed by atoms with Crippen LogP contribution in [0.25, 0.3) is 17.0 Å². The monoisotopic (exact) mass is 307 g/mol. The minimum atomic E-state index is 0.135. The van der Waals surface area contributed by atoms with Gasteiger partial charge in [0.15, 0.2) is 0 Å². The number of nitrogens with zero attached hydrogens (tertiary/aromatic N) is 4. The van der Waals surface area contributed by atoms with Crippen molar-refractivity contribution in [1.82, 2.24) is 19.6 Å². The fourth-order valence-electron chi connectivity index (χ4n) is 3.75. The minimum absolute atomic E-state index is 0.135. The lowest BCUT2D eigenvalue weighted by atomic mass is 9.80. The van der Waals surface area contributed by atoms with Crippen LogP contribution in [0.15, 0.2) is 30.7 Å². The summed E-state index contributed by atoms with van der Waals surface area (Å²) in [7, 11) is 0. The maximum Gasteiger partial charge on any atom is 0.252 e. The molecule has 4 rings (SSSR count). The van der Waals surface area contributed by atoms with E-state index < -0.39 is 0 Å². The summed E-state index contributed by atoms with van der Waals surface area (Å²) in [5, 5.41) is 7.99. The number of hydrogen-bond acceptors (Lipinski definition) is 4. The zero-order valence-electron chi connectivity index (χ0n) is 14.0. The summed E-state index contributed by atoms with van der Waals surface area (Å²) >= 11 is 0. The summed E-state index contributed by atoms with van der Waals surface area (Å²) in [6, 6.07) is 6.56. The number of aromatic nitrogens is 4. The van der Waals surface area contributed by atoms with Crippen molar-refractivity contribution in [2.45, 2.75) is 45.6 Å². The van der Waals surface area contributed by atoms with Crippen molar-refractivity contribution in [1.29, 1.82) is 0 Å². The summed E-state index contributed by atoms with van der Waals surface area (Å²) in [6.07, 6.45) is 4.47. The molecule has 0 spiro atoms. The smallest absolute Gasteiger partial charge is 0.252 e. The van der Waals surface area contributed by atoms with Gasteiger partial charge in [0, 0.05) is 23.0 Å². The van der Waals surface area contributed by atoms with Crippen molar-refractivity contribution >= 4 is 11.5 Å². The van der Waals surface area contributed by atoms with E-state index in [-0.39, 0.29) is 5.54 Å². The summed E-state index contributed by atoms with van der Waals surface area (Å²) in [6.45, 7) is 8.97. The molecule has 1 aliphatic heterocycles. The van der Waals surface area contributed by atoms with E-state index in [0.29, 0.717) is 11.7 Å². The third-order valence-corrected chi connectivity index (χ3v) is 4.67. The summed E-state index contributed by atoms with van der Waals surface area (Å²) in [5.74, 6) is 1.15. The van der Waals surface area contributed by atoms with Crippen molar-refractivity contribution in [3.8, 4) is 11.3 Å². The Balaban J connectivity index is 1.92. The molecule has 3 heterocycles. The Labute approximate surface area is 135 Å². The molecule has 1 N–H and O–H groups in total. The Bertz CT molecular complexity index is 894. The molecule has 23 heavy (non-hydrogen) atoms. The van der Waals surface area contributed by atoms with E-state index >= 15 is 0 Å². The fourth-order valence-corrected chi connectivity index (χ4v) is 3.75. The molecule has 1 atom stereocenters. The normalized spacial score (nSPS) is 19.4. The zero-order valence-corrected chi connectivity index (χ0v) is 14.0. The third kappa shape index (κ3) is 2.27. The van der Waals surface area contributed by atoms with Crippen LogP contribution in [-0.2, 0) is 0 Å². The lowest BCUT2D eigenvalue weighted by Gasteiger charge is -2.38. The molecule has 0 bridgehead atoms. The van der Waals surface area contributed by atoms with Gasteiger partial charge in [-0.15, -0.1) is 0 Å². The quantitative estimate of drug-likeness (QED) is 0.743. The molecule has 1 aromatic carbocycles. The number of benzene rings is 1. The third-order valence-electron chi connectivity index (χ3n) is 4.67. The molecule has 0 radical (unpaired) electrons. The van der Waals surface area contributed by atoms with Crippen LogP contribution >= 0.6 is 0 Å². The molecule has 0 amide bonds. The molecule has 0 unspecified atom stereocenters. The van der Waals surface area contributed by atoms with Gasteiger partial charge >= 0.3 is 0 Å². The van der Waals surface area contributed by atoms with Crippen molar-refractivity contribution in [3.05, 3.63) is 41.9 Å². The first-order chi connectivity index (χ1) is 10.9. The number of anilines is 1. The van der Waals surface area contributed by atoms with Crippen molar-refractivity contribution < 1.29 is 0 Å². The first-order valence-electron chi connectivity index (χ1n) is 8.02. The van der Waals surface area contributed by atoms with Crippen LogP contribution in [0.5, 0.6) is 0 Å². The summed E-state index contributed by atoms with van der Waals surface area (Å²) in [5.41, 5.74) is 6.20. The number of hydrogen-bond donors (Lipinski definition) is 1. The van der Waals surface area contributed by atoms with Crippen LogP contribution in [0, 0.1) is 6.92 Å². The van der Waals surface area contributed by atoms with Crippen molar-refractivity contribution in [2.75, 3.05) is 5.32 Å². The van der Waals surface area contributed by atoms with Gasteiger partial charge in [0.1, 0.15) is 6.33 Å². The highest BCUT2D eigenvalue weighted by Crippen LogP contribution is 2.41. The molecule has 0 saturated carbocycles. The molecule has 1 aliphatic rings. The van der Waals surface area contributed by atoms with Gasteiger partial charge in [-0.3, -0.25) is 0 Å². The van der Waals surface area contributed by atoms with Crippen LogP contribution in [0.4, 0.5) is 5.69 Å². The van der Waals surface area contributed by atoms with Crippen LogP contribution in [0.3, 0.4) is 0 Å². The summed E-state index contributed by atoms with van der Waals surface area (Å²) in [4.78, 5) is 8.44. The molecule has 0 saturated heterocycles. The highest BCUT2D eigenvalue weighted by molar-refractivity contribution is 5.72. The highest BCUT2D eigenvalue weighted by atomic mass is 15.3. The molecule has 5 nitrogen and oxygen atoms in total. The molecule has 118 valence electrons. The lowest BCUT2D eigenvalue weighted by Crippen LogP contribution is -2.36. The average molecular weight is 307 g/mol. The van der Waals surface area contributed by atoms with Crippen LogP contribution < -0.4 is 5.32 Å². The Kier molecular flexibility index (Phi) is 2.95. The van der Waals surface area contributed by atoms with Crippen LogP contribution in [0.2, 0.25) is 0 Å². The SMILES string of the molecule is Cc1cc2c(cc1-c1ccnc3ncnn13)[C@@H](C)CC(C)(C)N2. The van der Waals surface area contributed by atoms with Gasteiger partial charge in [-0.2, -0.15) is 14.6 Å². The van der Waals surface area contributed by atoms with Gasteiger partial charge in [-0.05, 0) is 62.4 Å². The largest absolute Gasteiger partial charge is 0.380 e. The van der Waals surface area contributed by atoms with E-state index in [4.69, 9.17) is 0 Å². The maximum absolute atomic E-state index is 4.32. The Morgan fingerprint density at radius 3 is 2.91 bits per heavy atom. The van der Waals surface area contributed by atoms with Crippen molar-refractivity contribution in [3.63, 3.8) is 0 Å². The van der Waals surface area contributed by atoms with Crippen LogP contribution in [-0.4, -0.2) is 25.1 Å². The second-order valence-corrected chi connectivity index (χ2v) is 7.17. The summed E-state index contributed by atoms with van der Waals surface area (Å²) < 4.78 is 1.81. The molecule has 3 aromatic rings. The molecule has 2 aromatic heterocycles. The van der Waals surface area contributed by atoms with E-state index in [9.17, 15) is 0 Å². The van der Waals surface area contributed by atoms with E-state index in [1.807, 2.05) is 6.07 Å². The van der Waals surface area contributed by atoms with Gasteiger partial charge in [0.25, 0.3) is 5.78 Å². The average Bonchev–Trinajstić information content (AvgIpc) is 2.94. The molecular weight excluding hydrogens is 286 g/mol. The van der Waals surface area contributed by atoms with E-state index in [0.717, 1.165) is 12.1 Å². The number of fused-ring (bicyclic) bond motifs is 2. The lowest BCUT2D eigenvalue weighted by molar-refractivity contribution is 0.454. The Morgan fingerprint density at radius 2 is 2.09 bits per heavy atom. The van der Waals surface area contributed by atoms with Crippen molar-refractivity contribution in [2.24, 2.45) is 0 Å².